The fourth-order valence-corrected chi connectivity index (χ4v) is 1.21. The van der Waals surface area contributed by atoms with Crippen LogP contribution in [-0.4, -0.2) is 14.9 Å². The molecule has 1 rings (SSSR count). The number of hydrogen-bond donors (Lipinski definition) is 1. The van der Waals surface area contributed by atoms with Gasteiger partial charge < -0.3 is 5.11 Å². The lowest BCUT2D eigenvalue weighted by molar-refractivity contribution is 0.214. The summed E-state index contributed by atoms with van der Waals surface area (Å²) in [7, 11) is 0. The highest BCUT2D eigenvalue weighted by atomic mass is 16.3. The van der Waals surface area contributed by atoms with Crippen molar-refractivity contribution in [2.24, 2.45) is 5.92 Å². The van der Waals surface area contributed by atoms with Crippen molar-refractivity contribution in [1.29, 1.82) is 0 Å². The van der Waals surface area contributed by atoms with Crippen molar-refractivity contribution in [1.82, 2.24) is 9.78 Å². The van der Waals surface area contributed by atoms with E-state index in [-0.39, 0.29) is 0 Å². The monoisotopic (exact) mass is 180 g/mol. The summed E-state index contributed by atoms with van der Waals surface area (Å²) in [4.78, 5) is 0. The molecule has 72 valence electrons. The van der Waals surface area contributed by atoms with Crippen molar-refractivity contribution in [2.75, 3.05) is 0 Å². The Labute approximate surface area is 78.7 Å². The third-order valence-electron chi connectivity index (χ3n) is 1.81. The van der Waals surface area contributed by atoms with Gasteiger partial charge in [0.05, 0.1) is 5.69 Å². The van der Waals surface area contributed by atoms with Gasteiger partial charge in [-0.2, -0.15) is 5.10 Å². The highest BCUT2D eigenvalue weighted by Crippen LogP contribution is 2.13. The Kier molecular flexibility index (Phi) is 3.25. The van der Waals surface area contributed by atoms with E-state index < -0.39 is 6.10 Å². The van der Waals surface area contributed by atoms with Crippen molar-refractivity contribution in [2.45, 2.75) is 26.5 Å². The molecule has 1 aromatic heterocycles. The number of aromatic nitrogens is 2. The van der Waals surface area contributed by atoms with Gasteiger partial charge in [-0.3, -0.25) is 4.68 Å². The summed E-state index contributed by atoms with van der Waals surface area (Å²) in [6, 6.07) is 1.81. The lowest BCUT2D eigenvalue weighted by Gasteiger charge is -2.11. The van der Waals surface area contributed by atoms with Crippen LogP contribution in [0.5, 0.6) is 0 Å². The highest BCUT2D eigenvalue weighted by molar-refractivity contribution is 5.09. The van der Waals surface area contributed by atoms with Gasteiger partial charge in [-0.25, -0.2) is 0 Å². The number of hydrogen-bond acceptors (Lipinski definition) is 2. The van der Waals surface area contributed by atoms with Crippen LogP contribution in [-0.2, 0) is 6.54 Å². The van der Waals surface area contributed by atoms with E-state index in [4.69, 9.17) is 0 Å². The third-order valence-corrected chi connectivity index (χ3v) is 1.81. The Morgan fingerprint density at radius 3 is 2.92 bits per heavy atom. The van der Waals surface area contributed by atoms with Crippen molar-refractivity contribution in [3.63, 3.8) is 0 Å². The fourth-order valence-electron chi connectivity index (χ4n) is 1.21. The van der Waals surface area contributed by atoms with Gasteiger partial charge in [-0.1, -0.05) is 19.9 Å². The minimum absolute atomic E-state index is 0.524. The number of aliphatic hydroxyl groups is 1. The molecule has 0 fully saturated rings. The van der Waals surface area contributed by atoms with E-state index >= 15 is 0 Å². The number of aliphatic hydroxyl groups excluding tert-OH is 1. The molecule has 0 aliphatic heterocycles. The molecule has 1 unspecified atom stereocenters. The molecular formula is C10H16N2O. The molecule has 0 saturated carbocycles. The normalized spacial score (nSPS) is 13.2. The van der Waals surface area contributed by atoms with E-state index in [1.54, 1.807) is 6.20 Å². The summed E-state index contributed by atoms with van der Waals surface area (Å²) in [6.45, 7) is 8.61. The second-order valence-electron chi connectivity index (χ2n) is 3.51. The van der Waals surface area contributed by atoms with Crippen molar-refractivity contribution >= 4 is 0 Å². The maximum absolute atomic E-state index is 9.53. The smallest absolute Gasteiger partial charge is 0.113 e. The molecule has 0 aliphatic rings. The quantitative estimate of drug-likeness (QED) is 0.717. The summed E-state index contributed by atoms with van der Waals surface area (Å²) in [5.41, 5.74) is 0.809. The average molecular weight is 180 g/mol. The molecule has 0 amide bonds. The lowest BCUT2D eigenvalue weighted by Crippen LogP contribution is -2.11. The molecule has 0 saturated heterocycles. The zero-order valence-electron chi connectivity index (χ0n) is 8.14. The minimum Gasteiger partial charge on any atom is -0.383 e. The maximum atomic E-state index is 9.53. The van der Waals surface area contributed by atoms with E-state index in [0.717, 1.165) is 12.2 Å². The Morgan fingerprint density at radius 2 is 2.38 bits per heavy atom. The van der Waals surface area contributed by atoms with E-state index in [1.807, 2.05) is 10.7 Å². The predicted molar refractivity (Wildman–Crippen MR) is 52.2 cm³/mol. The van der Waals surface area contributed by atoms with Gasteiger partial charge in [-0.05, 0) is 12.0 Å². The SMILES string of the molecule is C=CC(O)c1ccnn1CC(C)C. The first-order valence-electron chi connectivity index (χ1n) is 4.47. The van der Waals surface area contributed by atoms with Crippen molar-refractivity contribution in [3.05, 3.63) is 30.6 Å². The Balaban J connectivity index is 2.82. The van der Waals surface area contributed by atoms with Crippen molar-refractivity contribution < 1.29 is 5.11 Å². The van der Waals surface area contributed by atoms with Crippen LogP contribution in [0.15, 0.2) is 24.9 Å². The molecule has 1 aromatic rings. The van der Waals surface area contributed by atoms with Crippen LogP contribution in [0.4, 0.5) is 0 Å². The summed E-state index contributed by atoms with van der Waals surface area (Å²) in [6.07, 6.45) is 2.60. The molecular weight excluding hydrogens is 164 g/mol. The summed E-state index contributed by atoms with van der Waals surface area (Å²) in [5.74, 6) is 0.524. The van der Waals surface area contributed by atoms with Gasteiger partial charge in [0.25, 0.3) is 0 Å². The zero-order valence-corrected chi connectivity index (χ0v) is 8.14. The second kappa shape index (κ2) is 4.23. The molecule has 13 heavy (non-hydrogen) atoms. The summed E-state index contributed by atoms with van der Waals surface area (Å²) >= 11 is 0. The summed E-state index contributed by atoms with van der Waals surface area (Å²) < 4.78 is 1.82. The molecule has 0 aliphatic carbocycles. The standard InChI is InChI=1S/C10H16N2O/c1-4-10(13)9-5-6-11-12(9)7-8(2)3/h4-6,8,10,13H,1,7H2,2-3H3. The van der Waals surface area contributed by atoms with E-state index in [0.29, 0.717) is 5.92 Å². The van der Waals surface area contributed by atoms with Crippen LogP contribution in [0, 0.1) is 5.92 Å². The van der Waals surface area contributed by atoms with Gasteiger partial charge in [0.1, 0.15) is 6.10 Å². The first kappa shape index (κ1) is 9.99. The molecule has 3 nitrogen and oxygen atoms in total. The minimum atomic E-state index is -0.610. The average Bonchev–Trinajstić information content (AvgIpc) is 2.50. The first-order valence-corrected chi connectivity index (χ1v) is 4.47. The molecule has 0 aromatic carbocycles. The molecule has 0 bridgehead atoms. The maximum Gasteiger partial charge on any atom is 0.113 e. The van der Waals surface area contributed by atoms with Crippen LogP contribution in [0.1, 0.15) is 25.6 Å². The Morgan fingerprint density at radius 1 is 1.69 bits per heavy atom. The lowest BCUT2D eigenvalue weighted by atomic mass is 10.2. The number of rotatable bonds is 4. The molecule has 0 radical (unpaired) electrons. The van der Waals surface area contributed by atoms with E-state index in [1.165, 1.54) is 6.08 Å². The molecule has 0 spiro atoms. The van der Waals surface area contributed by atoms with Crippen molar-refractivity contribution in [3.8, 4) is 0 Å². The second-order valence-corrected chi connectivity index (χ2v) is 3.51. The van der Waals surface area contributed by atoms with Crippen LogP contribution < -0.4 is 0 Å². The van der Waals surface area contributed by atoms with Crippen LogP contribution in [0.3, 0.4) is 0 Å². The van der Waals surface area contributed by atoms with Gasteiger partial charge >= 0.3 is 0 Å². The largest absolute Gasteiger partial charge is 0.383 e. The molecule has 1 N–H and O–H groups in total. The van der Waals surface area contributed by atoms with Gasteiger partial charge in [-0.15, -0.1) is 6.58 Å². The van der Waals surface area contributed by atoms with E-state index in [2.05, 4.69) is 25.5 Å². The van der Waals surface area contributed by atoms with Gasteiger partial charge in [0.2, 0.25) is 0 Å². The third kappa shape index (κ3) is 2.42. The van der Waals surface area contributed by atoms with Crippen LogP contribution in [0.25, 0.3) is 0 Å². The Bertz CT molecular complexity index is 278. The summed E-state index contributed by atoms with van der Waals surface area (Å²) in [5, 5.41) is 13.7. The Hall–Kier alpha value is -1.09. The topological polar surface area (TPSA) is 38.1 Å². The van der Waals surface area contributed by atoms with Crippen LogP contribution in [0.2, 0.25) is 0 Å². The van der Waals surface area contributed by atoms with Gasteiger partial charge in [0, 0.05) is 12.7 Å². The van der Waals surface area contributed by atoms with Gasteiger partial charge in [0.15, 0.2) is 0 Å². The molecule has 1 atom stereocenters. The number of nitrogens with zero attached hydrogens (tertiary/aromatic N) is 2. The molecule has 3 heteroatoms. The van der Waals surface area contributed by atoms with E-state index in [9.17, 15) is 5.11 Å². The predicted octanol–water partition coefficient (Wildman–Crippen LogP) is 1.76. The molecule has 1 heterocycles. The highest BCUT2D eigenvalue weighted by Gasteiger charge is 2.09. The fraction of sp³-hybridized carbons (Fsp3) is 0.500. The van der Waals surface area contributed by atoms with Crippen LogP contribution >= 0.6 is 0 Å². The zero-order chi connectivity index (χ0) is 9.84. The first-order chi connectivity index (χ1) is 6.15.